The number of nitrogens with one attached hydrogen (secondary N) is 9. The van der Waals surface area contributed by atoms with Gasteiger partial charge >= 0.3 is 0 Å². The Labute approximate surface area is 493 Å². The van der Waals surface area contributed by atoms with Crippen LogP contribution in [-0.4, -0.2) is 160 Å². The molecule has 1 saturated heterocycles. The number of hydrogen-bond acceptors (Lipinski definition) is 13. The Bertz CT molecular complexity index is 2380. The Kier molecular flexibility index (Phi) is 27.6. The molecule has 9 N–H and O–H groups in total. The van der Waals surface area contributed by atoms with Gasteiger partial charge in [0, 0.05) is 33.0 Å². The van der Waals surface area contributed by atoms with Crippen molar-refractivity contribution in [3.05, 3.63) is 17.8 Å². The molecule has 2 aliphatic rings. The van der Waals surface area contributed by atoms with E-state index in [4.69, 9.17) is 4.42 Å². The van der Waals surface area contributed by atoms with Crippen LogP contribution < -0.4 is 47.9 Å². The van der Waals surface area contributed by atoms with Gasteiger partial charge in [-0.2, -0.15) is 0 Å². The number of nitrogens with zero attached hydrogens (tertiary/aromatic N) is 3. The lowest BCUT2D eigenvalue weighted by Gasteiger charge is -2.44. The first-order valence-corrected chi connectivity index (χ1v) is 30.3. The van der Waals surface area contributed by atoms with E-state index >= 15 is 0 Å². The third-order valence-electron chi connectivity index (χ3n) is 15.1. The molecule has 470 valence electrons. The molecule has 1 unspecified atom stereocenters. The van der Waals surface area contributed by atoms with Crippen LogP contribution in [-0.2, 0) is 43.2 Å². The number of aromatic nitrogens is 1. The Morgan fingerprint density at radius 3 is 1.65 bits per heavy atom. The number of amides is 10. The average molecular weight is 1170 g/mol. The van der Waals surface area contributed by atoms with Gasteiger partial charge in [0.15, 0.2) is 11.6 Å². The summed E-state index contributed by atoms with van der Waals surface area (Å²) in [7, 11) is 3.91. The summed E-state index contributed by atoms with van der Waals surface area (Å²) in [5, 5.41) is 25.4. The van der Waals surface area contributed by atoms with Gasteiger partial charge in [0.1, 0.15) is 53.1 Å². The number of carbonyl (C=O) groups excluding carboxylic acids is 10. The van der Waals surface area contributed by atoms with Crippen LogP contribution in [0.5, 0.6) is 0 Å². The predicted octanol–water partition coefficient (Wildman–Crippen LogP) is 4.21. The maximum absolute atomic E-state index is 14.3. The summed E-state index contributed by atoms with van der Waals surface area (Å²) >= 11 is 0. The molecule has 1 aliphatic heterocycles. The van der Waals surface area contributed by atoms with Gasteiger partial charge in [-0.15, -0.1) is 0 Å². The lowest BCUT2D eigenvalue weighted by atomic mass is 9.76. The monoisotopic (exact) mass is 1170 g/mol. The summed E-state index contributed by atoms with van der Waals surface area (Å²) in [6.45, 7) is 24.9. The molecule has 10 amide bonds. The molecule has 0 bridgehead atoms. The molecule has 0 aromatic carbocycles. The molecule has 3 rings (SSSR count). The molecule has 23 heteroatoms. The summed E-state index contributed by atoms with van der Waals surface area (Å²) in [5.41, 5.74) is -4.86. The number of rotatable bonds is 35. The number of hydrogen-bond donors (Lipinski definition) is 9. The van der Waals surface area contributed by atoms with Gasteiger partial charge in [0.25, 0.3) is 5.91 Å². The zero-order chi connectivity index (χ0) is 62.6. The molecule has 2 fully saturated rings. The second-order valence-corrected chi connectivity index (χ2v) is 26.3. The Hall–Kier alpha value is -6.13. The van der Waals surface area contributed by atoms with Gasteiger partial charge in [-0.1, -0.05) is 87.0 Å². The molecule has 1 saturated carbocycles. The van der Waals surface area contributed by atoms with Crippen molar-refractivity contribution in [2.75, 3.05) is 33.7 Å². The molecule has 83 heavy (non-hydrogen) atoms. The van der Waals surface area contributed by atoms with Crippen molar-refractivity contribution in [2.45, 2.75) is 252 Å². The van der Waals surface area contributed by atoms with Crippen LogP contribution in [0.2, 0.25) is 0 Å². The van der Waals surface area contributed by atoms with Crippen molar-refractivity contribution in [3.63, 3.8) is 0 Å². The highest BCUT2D eigenvalue weighted by atomic mass is 16.3. The largest absolute Gasteiger partial charge is 0.448 e. The van der Waals surface area contributed by atoms with E-state index in [9.17, 15) is 47.9 Å². The molecule has 0 radical (unpaired) electrons. The highest BCUT2D eigenvalue weighted by molar-refractivity contribution is 6.00. The quantitative estimate of drug-likeness (QED) is 0.0431. The summed E-state index contributed by atoms with van der Waals surface area (Å²) in [4.78, 5) is 146. The number of carbonyl (C=O) groups is 10. The van der Waals surface area contributed by atoms with Crippen molar-refractivity contribution in [3.8, 4) is 0 Å². The molecule has 1 aliphatic carbocycles. The first kappa shape index (κ1) is 71.1. The third-order valence-corrected chi connectivity index (χ3v) is 15.1. The molecule has 23 nitrogen and oxygen atoms in total. The van der Waals surface area contributed by atoms with Crippen molar-refractivity contribution < 1.29 is 52.4 Å². The number of aryl methyl sites for hydroxylation is 1. The van der Waals surface area contributed by atoms with Crippen molar-refractivity contribution >= 4 is 59.1 Å². The van der Waals surface area contributed by atoms with Crippen LogP contribution in [0.4, 0.5) is 0 Å². The van der Waals surface area contributed by atoms with E-state index in [0.717, 1.165) is 57.9 Å². The van der Waals surface area contributed by atoms with Crippen LogP contribution in [0.1, 0.15) is 209 Å². The van der Waals surface area contributed by atoms with Crippen LogP contribution in [0, 0.1) is 24.7 Å². The van der Waals surface area contributed by atoms with Gasteiger partial charge in [-0.3, -0.25) is 47.9 Å². The van der Waals surface area contributed by atoms with E-state index in [-0.39, 0.29) is 73.5 Å². The number of oxazole rings is 1. The number of unbranched alkanes of at least 4 members (excludes halogenated alkanes) is 5. The van der Waals surface area contributed by atoms with Crippen molar-refractivity contribution in [1.29, 1.82) is 0 Å². The fraction of sp³-hybridized carbons (Fsp3) is 0.783. The molecule has 5 atom stereocenters. The van der Waals surface area contributed by atoms with Crippen molar-refractivity contribution in [1.82, 2.24) is 62.6 Å². The second kappa shape index (κ2) is 32.2. The fourth-order valence-electron chi connectivity index (χ4n) is 10.3. The lowest BCUT2D eigenvalue weighted by Crippen LogP contribution is -2.65. The lowest BCUT2D eigenvalue weighted by molar-refractivity contribution is -0.139. The van der Waals surface area contributed by atoms with Gasteiger partial charge < -0.3 is 62.1 Å². The number of likely N-dealkylation sites (tertiary alicyclic amines) is 1. The third kappa shape index (κ3) is 23.1. The summed E-state index contributed by atoms with van der Waals surface area (Å²) in [5.74, 6) is -5.70. The Morgan fingerprint density at radius 1 is 0.651 bits per heavy atom. The van der Waals surface area contributed by atoms with Crippen molar-refractivity contribution in [2.24, 2.45) is 17.8 Å². The highest BCUT2D eigenvalue weighted by Gasteiger charge is 2.43. The normalized spacial score (nSPS) is 16.7. The van der Waals surface area contributed by atoms with E-state index in [1.165, 1.54) is 52.7 Å². The minimum absolute atomic E-state index is 0.0465. The topological polar surface area (TPSA) is 311 Å². The molecule has 0 spiro atoms. The van der Waals surface area contributed by atoms with E-state index in [0.29, 0.717) is 31.7 Å². The van der Waals surface area contributed by atoms with Crippen LogP contribution >= 0.6 is 0 Å². The van der Waals surface area contributed by atoms with E-state index in [1.807, 2.05) is 60.5 Å². The molecule has 1 aromatic heterocycles. The highest BCUT2D eigenvalue weighted by Crippen LogP contribution is 2.32. The van der Waals surface area contributed by atoms with Gasteiger partial charge in [-0.05, 0) is 131 Å². The number of likely N-dealkylation sites (N-methyl/N-ethyl adjacent to an activating group) is 1. The smallest absolute Gasteiger partial charge is 0.276 e. The van der Waals surface area contributed by atoms with E-state index in [1.54, 1.807) is 6.92 Å². The fourth-order valence-corrected chi connectivity index (χ4v) is 10.3. The zero-order valence-electron chi connectivity index (χ0n) is 53.0. The summed E-state index contributed by atoms with van der Waals surface area (Å²) < 4.78 is 5.25. The van der Waals surface area contributed by atoms with Gasteiger partial charge in [0.2, 0.25) is 53.2 Å². The second-order valence-electron chi connectivity index (χ2n) is 26.3. The standard InChI is InChI=1S/C60H104N12O11/c1-17-18-19-20-21-22-25-41(63-52(78)46-26-23-31-72(46)53(79)45-35-83-40(8)62-45)48(74)64-43(33-38(4)5)50(76)68-58(11,12)55(81)66-42(32-37(2)3)49(75)65-44(34-39(6)7)51(77)69-59(13,14)56(82)70-57(9,10)54(80)61-30-27-47(73)67-60(28-24-29-60)36-71(15)16/h35,37-39,41-44,46H,17-34,36H2,1-16H3,(H,61,80)(H,63,78)(H,64,74)(H,65,75)(H,66,81)(H,67,73)(H,68,76)(H,69,77)(H,70,82)/t41?,42-,43-,44-,46-/m0/s1. The molecule has 2 heterocycles. The Balaban J connectivity index is 1.71. The summed E-state index contributed by atoms with van der Waals surface area (Å²) in [6, 6.07) is -5.37. The van der Waals surface area contributed by atoms with E-state index < -0.39 is 100.0 Å². The maximum Gasteiger partial charge on any atom is 0.276 e. The SMILES string of the molecule is CCCCCCCCC(NC(=O)[C@@H]1CCCN1C(=O)c1coc(C)n1)C(=O)N[C@@H](CC(C)C)C(=O)NC(C)(C)C(=O)N[C@@H](CC(C)C)C(=O)N[C@@H](CC(C)C)C(=O)NC(C)(C)C(=O)NC(C)(C)C(=O)NCCC(=O)NC1(CN(C)C)CCC1. The zero-order valence-corrected chi connectivity index (χ0v) is 53.0. The maximum atomic E-state index is 14.3. The molecular weight excluding hydrogens is 1060 g/mol. The minimum atomic E-state index is -1.64. The molecule has 1 aromatic rings. The van der Waals surface area contributed by atoms with Crippen LogP contribution in [0.3, 0.4) is 0 Å². The molecular formula is C60H104N12O11. The van der Waals surface area contributed by atoms with Gasteiger partial charge in [-0.25, -0.2) is 4.98 Å². The minimum Gasteiger partial charge on any atom is -0.448 e. The van der Waals surface area contributed by atoms with Gasteiger partial charge in [0.05, 0.1) is 5.54 Å². The van der Waals surface area contributed by atoms with Crippen LogP contribution in [0.25, 0.3) is 0 Å². The first-order valence-electron chi connectivity index (χ1n) is 30.3. The predicted molar refractivity (Wildman–Crippen MR) is 317 cm³/mol. The first-order chi connectivity index (χ1) is 38.6. The van der Waals surface area contributed by atoms with Crippen LogP contribution in [0.15, 0.2) is 10.7 Å². The average Bonchev–Trinajstić information content (AvgIpc) is 4.21. The summed E-state index contributed by atoms with van der Waals surface area (Å²) in [6.07, 6.45) is 11.4. The Morgan fingerprint density at radius 2 is 1.16 bits per heavy atom. The van der Waals surface area contributed by atoms with E-state index in [2.05, 4.69) is 59.8 Å².